The Kier molecular flexibility index (Phi) is 3.78. The predicted octanol–water partition coefficient (Wildman–Crippen LogP) is 5.93. The lowest BCUT2D eigenvalue weighted by Crippen LogP contribution is -2.50. The minimum absolute atomic E-state index is 0.307. The predicted molar refractivity (Wildman–Crippen MR) is 95.1 cm³/mol. The highest BCUT2D eigenvalue weighted by atomic mass is 16.1. The summed E-state index contributed by atoms with van der Waals surface area (Å²) in [4.78, 5) is 12.2. The first-order valence-corrected chi connectivity index (χ1v) is 10.2. The summed E-state index contributed by atoms with van der Waals surface area (Å²) >= 11 is 0. The Morgan fingerprint density at radius 2 is 2.00 bits per heavy atom. The van der Waals surface area contributed by atoms with Crippen LogP contribution in [0, 0.1) is 34.5 Å². The molecule has 4 aliphatic carbocycles. The molecule has 3 fully saturated rings. The lowest BCUT2D eigenvalue weighted by Gasteiger charge is -2.58. The summed E-state index contributed by atoms with van der Waals surface area (Å²) in [5.74, 6) is 3.39. The van der Waals surface area contributed by atoms with Crippen molar-refractivity contribution in [1.82, 2.24) is 0 Å². The summed E-state index contributed by atoms with van der Waals surface area (Å²) < 4.78 is 0. The maximum Gasteiger partial charge on any atom is 0.133 e. The molecule has 0 amide bonds. The first-order valence-electron chi connectivity index (χ1n) is 10.2. The van der Waals surface area contributed by atoms with Crippen LogP contribution in [0.2, 0.25) is 0 Å². The van der Waals surface area contributed by atoms with E-state index in [2.05, 4.69) is 19.9 Å². The van der Waals surface area contributed by atoms with Gasteiger partial charge in [0.15, 0.2) is 0 Å². The molecule has 3 saturated carbocycles. The second-order valence-corrected chi connectivity index (χ2v) is 9.34. The van der Waals surface area contributed by atoms with Crippen molar-refractivity contribution >= 4 is 5.78 Å². The fourth-order valence-electron chi connectivity index (χ4n) is 7.81. The van der Waals surface area contributed by atoms with Gasteiger partial charge in [0.25, 0.3) is 0 Å². The number of carbonyl (C=O) groups excluding carboxylic acids is 1. The highest BCUT2D eigenvalue weighted by molar-refractivity contribution is 5.79. The molecule has 0 N–H and O–H groups in total. The van der Waals surface area contributed by atoms with E-state index in [9.17, 15) is 4.79 Å². The molecule has 4 aliphatic rings. The van der Waals surface area contributed by atoms with Gasteiger partial charge in [-0.05, 0) is 93.3 Å². The molecule has 0 aliphatic heterocycles. The topological polar surface area (TPSA) is 17.1 Å². The molecule has 0 heterocycles. The van der Waals surface area contributed by atoms with E-state index in [1.165, 1.54) is 57.8 Å². The summed E-state index contributed by atoms with van der Waals surface area (Å²) in [6.07, 6.45) is 16.1. The summed E-state index contributed by atoms with van der Waals surface area (Å²) in [6.45, 7) is 6.76. The van der Waals surface area contributed by atoms with Gasteiger partial charge in [0.2, 0.25) is 0 Å². The van der Waals surface area contributed by atoms with Crippen LogP contribution in [-0.2, 0) is 4.79 Å². The molecule has 23 heavy (non-hydrogen) atoms. The molecule has 1 heteroatoms. The van der Waals surface area contributed by atoms with E-state index in [0.29, 0.717) is 22.5 Å². The van der Waals surface area contributed by atoms with Crippen molar-refractivity contribution in [1.29, 1.82) is 0 Å². The van der Waals surface area contributed by atoms with Gasteiger partial charge < -0.3 is 0 Å². The van der Waals surface area contributed by atoms with Crippen molar-refractivity contribution in [3.63, 3.8) is 0 Å². The van der Waals surface area contributed by atoms with E-state index in [1.807, 2.05) is 12.5 Å². The van der Waals surface area contributed by atoms with Gasteiger partial charge >= 0.3 is 0 Å². The summed E-state index contributed by atoms with van der Waals surface area (Å²) in [5.41, 5.74) is 2.68. The van der Waals surface area contributed by atoms with Gasteiger partial charge in [-0.25, -0.2) is 0 Å². The van der Waals surface area contributed by atoms with Gasteiger partial charge in [-0.2, -0.15) is 0 Å². The number of carbonyl (C=O) groups is 1. The zero-order valence-electron chi connectivity index (χ0n) is 15.4. The van der Waals surface area contributed by atoms with Crippen molar-refractivity contribution in [3.8, 4) is 0 Å². The number of allylic oxidation sites excluding steroid dienone is 2. The van der Waals surface area contributed by atoms with Crippen LogP contribution >= 0.6 is 0 Å². The molecular formula is C22H34O. The highest BCUT2D eigenvalue weighted by Gasteiger charge is 2.59. The maximum absolute atomic E-state index is 12.2. The van der Waals surface area contributed by atoms with Gasteiger partial charge in [0.1, 0.15) is 5.78 Å². The monoisotopic (exact) mass is 314 g/mol. The number of fused-ring (bicyclic) bond motifs is 5. The number of hydrogen-bond donors (Lipinski definition) is 0. The average Bonchev–Trinajstić information content (AvgIpc) is 2.91. The van der Waals surface area contributed by atoms with Crippen molar-refractivity contribution in [2.24, 2.45) is 34.5 Å². The van der Waals surface area contributed by atoms with Crippen molar-refractivity contribution < 1.29 is 4.79 Å². The Hall–Kier alpha value is -0.590. The standard InChI is InChI=1S/C22H34O/c1-4-22-13-6-5-7-16(22)8-9-17-19-11-10-18(15(2)23)21(19,3)14-12-20(17)22/h8,17-20H,4-7,9-14H2,1-3H3. The van der Waals surface area contributed by atoms with E-state index in [-0.39, 0.29) is 0 Å². The van der Waals surface area contributed by atoms with Crippen molar-refractivity contribution in [2.45, 2.75) is 85.0 Å². The molecule has 0 aromatic heterocycles. The molecule has 6 unspecified atom stereocenters. The van der Waals surface area contributed by atoms with Gasteiger partial charge in [0.05, 0.1) is 0 Å². The van der Waals surface area contributed by atoms with Gasteiger partial charge in [-0.3, -0.25) is 4.79 Å². The number of rotatable bonds is 2. The Balaban J connectivity index is 1.69. The van der Waals surface area contributed by atoms with Crippen LogP contribution in [-0.4, -0.2) is 5.78 Å². The molecular weight excluding hydrogens is 280 g/mol. The SMILES string of the molecule is CCC12CCCCC1=CCC1C2CCC2(C)C(C(C)=O)CCC12. The lowest BCUT2D eigenvalue weighted by molar-refractivity contribution is -0.127. The van der Waals surface area contributed by atoms with Crippen LogP contribution < -0.4 is 0 Å². The fraction of sp³-hybridized carbons (Fsp3) is 0.864. The van der Waals surface area contributed by atoms with Crippen molar-refractivity contribution in [2.75, 3.05) is 0 Å². The van der Waals surface area contributed by atoms with Crippen LogP contribution in [0.1, 0.15) is 85.0 Å². The minimum Gasteiger partial charge on any atom is -0.300 e. The van der Waals surface area contributed by atoms with Crippen LogP contribution in [0.15, 0.2) is 11.6 Å². The number of Topliss-reactive ketones (excluding diaryl/α,β-unsaturated/α-hetero) is 1. The van der Waals surface area contributed by atoms with Gasteiger partial charge in [-0.1, -0.05) is 31.9 Å². The Morgan fingerprint density at radius 1 is 1.17 bits per heavy atom. The van der Waals surface area contributed by atoms with Crippen molar-refractivity contribution in [3.05, 3.63) is 11.6 Å². The quantitative estimate of drug-likeness (QED) is 0.577. The molecule has 6 atom stereocenters. The second kappa shape index (κ2) is 5.46. The summed E-state index contributed by atoms with van der Waals surface area (Å²) in [5, 5.41) is 0. The Morgan fingerprint density at radius 3 is 2.74 bits per heavy atom. The normalized spacial score (nSPS) is 48.9. The third-order valence-corrected chi connectivity index (χ3v) is 8.86. The molecule has 0 saturated heterocycles. The smallest absolute Gasteiger partial charge is 0.133 e. The molecule has 4 rings (SSSR count). The van der Waals surface area contributed by atoms with Gasteiger partial charge in [-0.15, -0.1) is 0 Å². The van der Waals surface area contributed by atoms with E-state index in [0.717, 1.165) is 24.2 Å². The largest absolute Gasteiger partial charge is 0.300 e. The summed E-state index contributed by atoms with van der Waals surface area (Å²) in [6, 6.07) is 0. The highest BCUT2D eigenvalue weighted by Crippen LogP contribution is 2.67. The van der Waals surface area contributed by atoms with E-state index >= 15 is 0 Å². The molecule has 1 nitrogen and oxygen atoms in total. The molecule has 0 aromatic rings. The van der Waals surface area contributed by atoms with Gasteiger partial charge in [0, 0.05) is 5.92 Å². The lowest BCUT2D eigenvalue weighted by atomic mass is 9.46. The molecule has 0 bridgehead atoms. The number of hydrogen-bond acceptors (Lipinski definition) is 1. The van der Waals surface area contributed by atoms with Crippen LogP contribution in [0.3, 0.4) is 0 Å². The zero-order chi connectivity index (χ0) is 16.2. The third-order valence-electron chi connectivity index (χ3n) is 8.86. The average molecular weight is 315 g/mol. The summed E-state index contributed by atoms with van der Waals surface area (Å²) in [7, 11) is 0. The second-order valence-electron chi connectivity index (χ2n) is 9.34. The van der Waals surface area contributed by atoms with Crippen LogP contribution in [0.5, 0.6) is 0 Å². The third kappa shape index (κ3) is 2.07. The maximum atomic E-state index is 12.2. The Bertz CT molecular complexity index is 532. The first kappa shape index (κ1) is 15.9. The zero-order valence-corrected chi connectivity index (χ0v) is 15.4. The minimum atomic E-state index is 0.307. The fourth-order valence-corrected chi connectivity index (χ4v) is 7.81. The molecule has 0 radical (unpaired) electrons. The first-order chi connectivity index (χ1) is 11.0. The number of ketones is 1. The molecule has 128 valence electrons. The molecule has 0 spiro atoms. The van der Waals surface area contributed by atoms with Crippen LogP contribution in [0.4, 0.5) is 0 Å². The Labute approximate surface area is 142 Å². The van der Waals surface area contributed by atoms with E-state index in [1.54, 1.807) is 0 Å². The molecule has 0 aromatic carbocycles. The van der Waals surface area contributed by atoms with Crippen LogP contribution in [0.25, 0.3) is 0 Å². The van der Waals surface area contributed by atoms with E-state index in [4.69, 9.17) is 0 Å². The van der Waals surface area contributed by atoms with E-state index < -0.39 is 0 Å².